The second kappa shape index (κ2) is 6.39. The fraction of sp³-hybridized carbons (Fsp3) is 0.235. The lowest BCUT2D eigenvalue weighted by Gasteiger charge is -2.11. The van der Waals surface area contributed by atoms with E-state index < -0.39 is 11.9 Å². The molecule has 2 rings (SSSR count). The predicted octanol–water partition coefficient (Wildman–Crippen LogP) is 3.93. The molecule has 3 nitrogen and oxygen atoms in total. The third-order valence-electron chi connectivity index (χ3n) is 3.60. The van der Waals surface area contributed by atoms with Crippen LogP contribution in [0.5, 0.6) is 0 Å². The van der Waals surface area contributed by atoms with Crippen molar-refractivity contribution in [1.82, 2.24) is 0 Å². The summed E-state index contributed by atoms with van der Waals surface area (Å²) < 4.78 is 13.4. The van der Waals surface area contributed by atoms with Gasteiger partial charge in [0, 0.05) is 17.8 Å². The van der Waals surface area contributed by atoms with Crippen LogP contribution in [0, 0.1) is 12.7 Å². The fourth-order valence-electron chi connectivity index (χ4n) is 2.06. The summed E-state index contributed by atoms with van der Waals surface area (Å²) in [6, 6.07) is 12.3. The maximum Gasteiger partial charge on any atom is 0.310 e. The number of hydrogen-bond donors (Lipinski definition) is 2. The maximum absolute atomic E-state index is 13.4. The number of hydrogen-bond acceptors (Lipinski definition) is 2. The number of nitrogens with one attached hydrogen (secondary N) is 1. The molecule has 4 heteroatoms. The van der Waals surface area contributed by atoms with E-state index in [-0.39, 0.29) is 5.82 Å². The first-order chi connectivity index (χ1) is 9.99. The van der Waals surface area contributed by atoms with E-state index in [1.807, 2.05) is 30.3 Å². The van der Waals surface area contributed by atoms with Crippen LogP contribution in [0.15, 0.2) is 42.5 Å². The number of carboxylic acids is 1. The van der Waals surface area contributed by atoms with Crippen molar-refractivity contribution in [2.24, 2.45) is 0 Å². The van der Waals surface area contributed by atoms with E-state index in [0.717, 1.165) is 16.8 Å². The largest absolute Gasteiger partial charge is 0.481 e. The molecule has 110 valence electrons. The Morgan fingerprint density at radius 2 is 1.90 bits per heavy atom. The Hall–Kier alpha value is -2.36. The van der Waals surface area contributed by atoms with Crippen molar-refractivity contribution in [2.75, 3.05) is 5.32 Å². The molecule has 0 saturated carbocycles. The third kappa shape index (κ3) is 3.60. The van der Waals surface area contributed by atoms with Crippen LogP contribution < -0.4 is 5.32 Å². The van der Waals surface area contributed by atoms with E-state index in [9.17, 15) is 9.18 Å². The van der Waals surface area contributed by atoms with Gasteiger partial charge in [-0.1, -0.05) is 30.3 Å². The van der Waals surface area contributed by atoms with Gasteiger partial charge in [-0.25, -0.2) is 4.39 Å². The topological polar surface area (TPSA) is 49.3 Å². The first-order valence-corrected chi connectivity index (χ1v) is 6.79. The molecule has 2 aromatic rings. The third-order valence-corrected chi connectivity index (χ3v) is 3.60. The van der Waals surface area contributed by atoms with Gasteiger partial charge in [0.1, 0.15) is 5.82 Å². The second-order valence-corrected chi connectivity index (χ2v) is 5.07. The quantitative estimate of drug-likeness (QED) is 0.876. The molecule has 0 spiro atoms. The Kier molecular flexibility index (Phi) is 4.58. The Balaban J connectivity index is 2.04. The van der Waals surface area contributed by atoms with Crippen LogP contribution in [-0.2, 0) is 11.3 Å². The zero-order valence-corrected chi connectivity index (χ0v) is 12.1. The minimum absolute atomic E-state index is 0.231. The monoisotopic (exact) mass is 287 g/mol. The van der Waals surface area contributed by atoms with Gasteiger partial charge in [0.25, 0.3) is 0 Å². The molecule has 0 aliphatic carbocycles. The van der Waals surface area contributed by atoms with E-state index in [0.29, 0.717) is 12.1 Å². The normalized spacial score (nSPS) is 12.0. The van der Waals surface area contributed by atoms with Crippen LogP contribution in [0.25, 0.3) is 0 Å². The number of anilines is 1. The van der Waals surface area contributed by atoms with Crippen LogP contribution in [0.3, 0.4) is 0 Å². The summed E-state index contributed by atoms with van der Waals surface area (Å²) in [7, 11) is 0. The molecule has 0 heterocycles. The molecule has 0 fully saturated rings. The molecule has 0 aliphatic rings. The Morgan fingerprint density at radius 1 is 1.24 bits per heavy atom. The van der Waals surface area contributed by atoms with E-state index in [1.54, 1.807) is 19.9 Å². The first kappa shape index (κ1) is 15.0. The molecule has 0 bridgehead atoms. The number of aliphatic carboxylic acids is 1. The standard InChI is InChI=1S/C17H18FNO2/c1-11(17(20)21)14-8-6-13(7-9-14)10-19-16-5-3-4-15(18)12(16)2/h3-9,11,19H,10H2,1-2H3,(H,20,21). The van der Waals surface area contributed by atoms with Gasteiger partial charge in [0.2, 0.25) is 0 Å². The molecule has 21 heavy (non-hydrogen) atoms. The minimum atomic E-state index is -0.837. The maximum atomic E-state index is 13.4. The van der Waals surface area contributed by atoms with E-state index >= 15 is 0 Å². The Labute approximate surface area is 123 Å². The van der Waals surface area contributed by atoms with Crippen LogP contribution in [-0.4, -0.2) is 11.1 Å². The summed E-state index contributed by atoms with van der Waals surface area (Å²) >= 11 is 0. The summed E-state index contributed by atoms with van der Waals surface area (Å²) in [4.78, 5) is 10.9. The van der Waals surface area contributed by atoms with Gasteiger partial charge in [0.15, 0.2) is 0 Å². The SMILES string of the molecule is Cc1c(F)cccc1NCc1ccc(C(C)C(=O)O)cc1. The lowest BCUT2D eigenvalue weighted by atomic mass is 10.00. The van der Waals surface area contributed by atoms with Crippen LogP contribution >= 0.6 is 0 Å². The smallest absolute Gasteiger partial charge is 0.310 e. The molecule has 0 saturated heterocycles. The van der Waals surface area contributed by atoms with Crippen molar-refractivity contribution >= 4 is 11.7 Å². The highest BCUT2D eigenvalue weighted by molar-refractivity contribution is 5.75. The Morgan fingerprint density at radius 3 is 2.52 bits per heavy atom. The van der Waals surface area contributed by atoms with Crippen molar-refractivity contribution in [2.45, 2.75) is 26.3 Å². The van der Waals surface area contributed by atoms with Gasteiger partial charge in [-0.3, -0.25) is 4.79 Å². The second-order valence-electron chi connectivity index (χ2n) is 5.07. The van der Waals surface area contributed by atoms with Gasteiger partial charge in [0.05, 0.1) is 5.92 Å². The highest BCUT2D eigenvalue weighted by atomic mass is 19.1. The average Bonchev–Trinajstić information content (AvgIpc) is 2.48. The number of benzene rings is 2. The van der Waals surface area contributed by atoms with Crippen molar-refractivity contribution in [3.63, 3.8) is 0 Å². The molecular weight excluding hydrogens is 269 g/mol. The number of carbonyl (C=O) groups is 1. The minimum Gasteiger partial charge on any atom is -0.481 e. The van der Waals surface area contributed by atoms with Crippen molar-refractivity contribution in [3.8, 4) is 0 Å². The molecular formula is C17H18FNO2. The average molecular weight is 287 g/mol. The van der Waals surface area contributed by atoms with Crippen molar-refractivity contribution in [3.05, 3.63) is 65.0 Å². The summed E-state index contributed by atoms with van der Waals surface area (Å²) in [5.74, 6) is -1.58. The highest BCUT2D eigenvalue weighted by Gasteiger charge is 2.12. The van der Waals surface area contributed by atoms with Gasteiger partial charge in [-0.2, -0.15) is 0 Å². The molecule has 2 aromatic carbocycles. The van der Waals surface area contributed by atoms with Crippen molar-refractivity contribution in [1.29, 1.82) is 0 Å². The molecule has 0 radical (unpaired) electrons. The van der Waals surface area contributed by atoms with E-state index in [4.69, 9.17) is 5.11 Å². The summed E-state index contributed by atoms with van der Waals surface area (Å²) in [6.07, 6.45) is 0. The number of carboxylic acid groups (broad SMARTS) is 1. The summed E-state index contributed by atoms with van der Waals surface area (Å²) in [5, 5.41) is 12.2. The lowest BCUT2D eigenvalue weighted by Crippen LogP contribution is -2.07. The molecule has 1 unspecified atom stereocenters. The van der Waals surface area contributed by atoms with Crippen LogP contribution in [0.1, 0.15) is 29.5 Å². The first-order valence-electron chi connectivity index (χ1n) is 6.79. The number of halogens is 1. The molecule has 0 aromatic heterocycles. The van der Waals surface area contributed by atoms with Crippen LogP contribution in [0.2, 0.25) is 0 Å². The van der Waals surface area contributed by atoms with E-state index in [1.165, 1.54) is 6.07 Å². The van der Waals surface area contributed by atoms with Gasteiger partial charge in [-0.15, -0.1) is 0 Å². The zero-order chi connectivity index (χ0) is 15.4. The highest BCUT2D eigenvalue weighted by Crippen LogP contribution is 2.19. The number of rotatable bonds is 5. The molecule has 0 aliphatic heterocycles. The fourth-order valence-corrected chi connectivity index (χ4v) is 2.06. The molecule has 0 amide bonds. The Bertz CT molecular complexity index is 638. The molecule has 2 N–H and O–H groups in total. The predicted molar refractivity (Wildman–Crippen MR) is 81.0 cm³/mol. The van der Waals surface area contributed by atoms with Crippen LogP contribution in [0.4, 0.5) is 10.1 Å². The van der Waals surface area contributed by atoms with Gasteiger partial charge in [-0.05, 0) is 37.1 Å². The van der Waals surface area contributed by atoms with Gasteiger partial charge >= 0.3 is 5.97 Å². The lowest BCUT2D eigenvalue weighted by molar-refractivity contribution is -0.138. The summed E-state index contributed by atoms with van der Waals surface area (Å²) in [5.41, 5.74) is 3.14. The zero-order valence-electron chi connectivity index (χ0n) is 12.1. The summed E-state index contributed by atoms with van der Waals surface area (Å²) in [6.45, 7) is 3.95. The molecule has 1 atom stereocenters. The van der Waals surface area contributed by atoms with Crippen molar-refractivity contribution < 1.29 is 14.3 Å². The van der Waals surface area contributed by atoms with E-state index in [2.05, 4.69) is 5.32 Å². The van der Waals surface area contributed by atoms with Gasteiger partial charge < -0.3 is 10.4 Å².